The van der Waals surface area contributed by atoms with Gasteiger partial charge in [0.1, 0.15) is 0 Å². The number of nitriles is 1. The number of benzene rings is 2. The molecule has 0 radical (unpaired) electrons. The largest absolute Gasteiger partial charge is 0.297 e. The Hall–Kier alpha value is -2.15. The van der Waals surface area contributed by atoms with Crippen LogP contribution >= 0.6 is 0 Å². The molecule has 1 fully saturated rings. The van der Waals surface area contributed by atoms with Crippen LogP contribution in [-0.2, 0) is 13.1 Å². The van der Waals surface area contributed by atoms with Gasteiger partial charge < -0.3 is 0 Å². The van der Waals surface area contributed by atoms with E-state index in [-0.39, 0.29) is 0 Å². The van der Waals surface area contributed by atoms with Crippen molar-refractivity contribution in [3.8, 4) is 6.07 Å². The van der Waals surface area contributed by atoms with Gasteiger partial charge >= 0.3 is 0 Å². The molecule has 0 unspecified atom stereocenters. The Morgan fingerprint density at radius 1 is 0.727 bits per heavy atom. The van der Waals surface area contributed by atoms with Crippen LogP contribution in [-0.4, -0.2) is 36.0 Å². The van der Waals surface area contributed by atoms with E-state index >= 15 is 0 Å². The molecule has 1 saturated heterocycles. The molecule has 0 aromatic heterocycles. The van der Waals surface area contributed by atoms with E-state index in [0.29, 0.717) is 0 Å². The van der Waals surface area contributed by atoms with E-state index in [1.807, 2.05) is 12.1 Å². The fraction of sp³-hybridized carbons (Fsp3) is 0.316. The zero-order valence-electron chi connectivity index (χ0n) is 12.8. The van der Waals surface area contributed by atoms with E-state index in [1.54, 1.807) is 0 Å². The molecule has 0 atom stereocenters. The van der Waals surface area contributed by atoms with E-state index < -0.39 is 0 Å². The molecule has 0 bridgehead atoms. The maximum atomic E-state index is 8.83. The minimum Gasteiger partial charge on any atom is -0.297 e. The molecule has 2 aromatic rings. The summed E-state index contributed by atoms with van der Waals surface area (Å²) in [5.41, 5.74) is 3.41. The van der Waals surface area contributed by atoms with Crippen LogP contribution in [0.3, 0.4) is 0 Å². The van der Waals surface area contributed by atoms with Crippen LogP contribution in [0.15, 0.2) is 54.6 Å². The number of rotatable bonds is 4. The van der Waals surface area contributed by atoms with E-state index in [9.17, 15) is 0 Å². The topological polar surface area (TPSA) is 30.3 Å². The molecular weight excluding hydrogens is 270 g/mol. The van der Waals surface area contributed by atoms with Crippen LogP contribution in [0.4, 0.5) is 0 Å². The van der Waals surface area contributed by atoms with Gasteiger partial charge in [-0.25, -0.2) is 0 Å². The maximum Gasteiger partial charge on any atom is 0.0991 e. The highest BCUT2D eigenvalue weighted by Gasteiger charge is 2.16. The van der Waals surface area contributed by atoms with Crippen molar-refractivity contribution in [2.24, 2.45) is 0 Å². The SMILES string of the molecule is N#Cc1ccc(CN2CCN(Cc3ccccc3)CC2)cc1. The summed E-state index contributed by atoms with van der Waals surface area (Å²) in [4.78, 5) is 5.01. The lowest BCUT2D eigenvalue weighted by Gasteiger charge is -2.34. The normalized spacial score (nSPS) is 16.3. The number of hydrogen-bond acceptors (Lipinski definition) is 3. The van der Waals surface area contributed by atoms with Crippen molar-refractivity contribution in [3.05, 3.63) is 71.3 Å². The molecular formula is C19H21N3. The van der Waals surface area contributed by atoms with Gasteiger partial charge in [-0.2, -0.15) is 5.26 Å². The molecule has 3 nitrogen and oxygen atoms in total. The Morgan fingerprint density at radius 3 is 1.73 bits per heavy atom. The zero-order valence-corrected chi connectivity index (χ0v) is 12.8. The van der Waals surface area contributed by atoms with Crippen molar-refractivity contribution in [3.63, 3.8) is 0 Å². The van der Waals surface area contributed by atoms with Crippen LogP contribution in [0, 0.1) is 11.3 Å². The number of hydrogen-bond donors (Lipinski definition) is 0. The maximum absolute atomic E-state index is 8.83. The van der Waals surface area contributed by atoms with Crippen LogP contribution in [0.1, 0.15) is 16.7 Å². The first kappa shape index (κ1) is 14.8. The first-order valence-corrected chi connectivity index (χ1v) is 7.81. The average molecular weight is 291 g/mol. The highest BCUT2D eigenvalue weighted by Crippen LogP contribution is 2.12. The van der Waals surface area contributed by atoms with Crippen LogP contribution in [0.2, 0.25) is 0 Å². The van der Waals surface area contributed by atoms with Crippen LogP contribution in [0.25, 0.3) is 0 Å². The fourth-order valence-electron chi connectivity index (χ4n) is 2.89. The second kappa shape index (κ2) is 7.22. The Morgan fingerprint density at radius 2 is 1.23 bits per heavy atom. The summed E-state index contributed by atoms with van der Waals surface area (Å²) in [6.07, 6.45) is 0. The molecule has 1 aliphatic rings. The minimum atomic E-state index is 0.733. The summed E-state index contributed by atoms with van der Waals surface area (Å²) >= 11 is 0. The monoisotopic (exact) mass is 291 g/mol. The minimum absolute atomic E-state index is 0.733. The molecule has 0 aliphatic carbocycles. The molecule has 3 heteroatoms. The summed E-state index contributed by atoms with van der Waals surface area (Å²) in [5, 5.41) is 8.83. The lowest BCUT2D eigenvalue weighted by Crippen LogP contribution is -2.45. The zero-order chi connectivity index (χ0) is 15.2. The second-order valence-electron chi connectivity index (χ2n) is 5.85. The molecule has 0 N–H and O–H groups in total. The van der Waals surface area contributed by atoms with Gasteiger partial charge in [0.15, 0.2) is 0 Å². The Bertz CT molecular complexity index is 620. The van der Waals surface area contributed by atoms with E-state index in [4.69, 9.17) is 5.26 Å². The van der Waals surface area contributed by atoms with Gasteiger partial charge in [0.05, 0.1) is 11.6 Å². The van der Waals surface area contributed by atoms with Gasteiger partial charge in [-0.3, -0.25) is 9.80 Å². The third kappa shape index (κ3) is 3.94. The standard InChI is InChI=1S/C19H21N3/c20-14-17-6-8-19(9-7-17)16-22-12-10-21(11-13-22)15-18-4-2-1-3-5-18/h1-9H,10-13,15-16H2. The molecule has 0 spiro atoms. The van der Waals surface area contributed by atoms with E-state index in [2.05, 4.69) is 58.3 Å². The second-order valence-corrected chi connectivity index (χ2v) is 5.85. The quantitative estimate of drug-likeness (QED) is 0.867. The number of nitrogens with zero attached hydrogens (tertiary/aromatic N) is 3. The van der Waals surface area contributed by atoms with Gasteiger partial charge in [-0.05, 0) is 23.3 Å². The van der Waals surface area contributed by atoms with Crippen molar-refractivity contribution in [2.75, 3.05) is 26.2 Å². The summed E-state index contributed by atoms with van der Waals surface area (Å²) < 4.78 is 0. The van der Waals surface area contributed by atoms with Gasteiger partial charge in [0.2, 0.25) is 0 Å². The Labute approximate surface area is 132 Å². The predicted molar refractivity (Wildman–Crippen MR) is 88.2 cm³/mol. The first-order valence-electron chi connectivity index (χ1n) is 7.81. The molecule has 3 rings (SSSR count). The van der Waals surface area contributed by atoms with Crippen molar-refractivity contribution in [1.82, 2.24) is 9.80 Å². The molecule has 1 aliphatic heterocycles. The predicted octanol–water partition coefficient (Wildman–Crippen LogP) is 2.88. The van der Waals surface area contributed by atoms with Crippen molar-refractivity contribution < 1.29 is 0 Å². The lowest BCUT2D eigenvalue weighted by atomic mass is 10.1. The number of piperazine rings is 1. The summed E-state index contributed by atoms with van der Waals surface area (Å²) in [6.45, 7) is 6.46. The van der Waals surface area contributed by atoms with E-state index in [0.717, 1.165) is 44.8 Å². The highest BCUT2D eigenvalue weighted by atomic mass is 15.3. The average Bonchev–Trinajstić information content (AvgIpc) is 2.58. The Balaban J connectivity index is 1.48. The van der Waals surface area contributed by atoms with Crippen molar-refractivity contribution in [1.29, 1.82) is 5.26 Å². The molecule has 2 aromatic carbocycles. The van der Waals surface area contributed by atoms with Gasteiger partial charge in [-0.15, -0.1) is 0 Å². The van der Waals surface area contributed by atoms with Crippen molar-refractivity contribution in [2.45, 2.75) is 13.1 Å². The highest BCUT2D eigenvalue weighted by molar-refractivity contribution is 5.31. The third-order valence-corrected chi connectivity index (χ3v) is 4.20. The smallest absolute Gasteiger partial charge is 0.0991 e. The van der Waals surface area contributed by atoms with Gasteiger partial charge in [-0.1, -0.05) is 42.5 Å². The molecule has 112 valence electrons. The fourth-order valence-corrected chi connectivity index (χ4v) is 2.89. The summed E-state index contributed by atoms with van der Waals surface area (Å²) in [6, 6.07) is 20.8. The van der Waals surface area contributed by atoms with Crippen molar-refractivity contribution >= 4 is 0 Å². The van der Waals surface area contributed by atoms with Gasteiger partial charge in [0.25, 0.3) is 0 Å². The molecule has 0 saturated carbocycles. The lowest BCUT2D eigenvalue weighted by molar-refractivity contribution is 0.122. The van der Waals surface area contributed by atoms with Crippen LogP contribution in [0.5, 0.6) is 0 Å². The van der Waals surface area contributed by atoms with Gasteiger partial charge in [0, 0.05) is 39.3 Å². The van der Waals surface area contributed by atoms with Crippen LogP contribution < -0.4 is 0 Å². The third-order valence-electron chi connectivity index (χ3n) is 4.20. The summed E-state index contributed by atoms with van der Waals surface area (Å²) in [5.74, 6) is 0. The van der Waals surface area contributed by atoms with E-state index in [1.165, 1.54) is 11.1 Å². The molecule has 0 amide bonds. The molecule has 1 heterocycles. The Kier molecular flexibility index (Phi) is 4.85. The first-order chi connectivity index (χ1) is 10.8. The molecule has 22 heavy (non-hydrogen) atoms. The summed E-state index contributed by atoms with van der Waals surface area (Å²) in [7, 11) is 0.